The quantitative estimate of drug-likeness (QED) is 0.679. The maximum Gasteiger partial charge on any atom is 0.355 e. The number of ether oxygens (including phenoxy) is 1. The maximum atomic E-state index is 11.3. The van der Waals surface area contributed by atoms with Gasteiger partial charge in [-0.25, -0.2) is 9.78 Å². The molecule has 2 aromatic heterocycles. The second-order valence-corrected chi connectivity index (χ2v) is 2.75. The van der Waals surface area contributed by atoms with Crippen molar-refractivity contribution in [1.82, 2.24) is 9.38 Å². The fourth-order valence-corrected chi connectivity index (χ4v) is 1.27. The van der Waals surface area contributed by atoms with E-state index in [1.165, 1.54) is 19.2 Å². The first-order valence-electron chi connectivity index (χ1n) is 3.97. The molecule has 14 heavy (non-hydrogen) atoms. The number of fused-ring (bicyclic) bond motifs is 1. The molecule has 0 fully saturated rings. The number of aromatic hydroxyl groups is 1. The van der Waals surface area contributed by atoms with E-state index in [9.17, 15) is 9.90 Å². The van der Waals surface area contributed by atoms with Crippen LogP contribution in [0.2, 0.25) is 0 Å². The predicted molar refractivity (Wildman–Crippen MR) is 48.2 cm³/mol. The number of pyridine rings is 1. The van der Waals surface area contributed by atoms with Crippen LogP contribution < -0.4 is 0 Å². The van der Waals surface area contributed by atoms with E-state index in [1.807, 2.05) is 0 Å². The zero-order chi connectivity index (χ0) is 10.1. The van der Waals surface area contributed by atoms with Crippen LogP contribution in [0.25, 0.3) is 5.65 Å². The first-order valence-corrected chi connectivity index (χ1v) is 3.97. The SMILES string of the molecule is COC(=O)c1cc(O)cc2nccn12. The lowest BCUT2D eigenvalue weighted by Gasteiger charge is -2.03. The summed E-state index contributed by atoms with van der Waals surface area (Å²) in [7, 11) is 1.29. The summed E-state index contributed by atoms with van der Waals surface area (Å²) in [4.78, 5) is 15.2. The smallest absolute Gasteiger partial charge is 0.355 e. The zero-order valence-corrected chi connectivity index (χ0v) is 7.47. The lowest BCUT2D eigenvalue weighted by atomic mass is 10.3. The molecular formula is C9H8N2O3. The predicted octanol–water partition coefficient (Wildman–Crippen LogP) is 0.826. The number of imidazole rings is 1. The van der Waals surface area contributed by atoms with Gasteiger partial charge in [0.2, 0.25) is 0 Å². The van der Waals surface area contributed by atoms with Crippen molar-refractivity contribution in [3.05, 3.63) is 30.2 Å². The maximum absolute atomic E-state index is 11.3. The van der Waals surface area contributed by atoms with Gasteiger partial charge in [0.15, 0.2) is 0 Å². The van der Waals surface area contributed by atoms with E-state index in [0.29, 0.717) is 5.65 Å². The van der Waals surface area contributed by atoms with Gasteiger partial charge in [-0.1, -0.05) is 0 Å². The van der Waals surface area contributed by atoms with Gasteiger partial charge < -0.3 is 9.84 Å². The summed E-state index contributed by atoms with van der Waals surface area (Å²) in [6, 6.07) is 2.80. The third-order valence-electron chi connectivity index (χ3n) is 1.89. The van der Waals surface area contributed by atoms with Crippen LogP contribution in [0.1, 0.15) is 10.5 Å². The Balaban J connectivity index is 2.72. The van der Waals surface area contributed by atoms with Crippen molar-refractivity contribution in [2.24, 2.45) is 0 Å². The van der Waals surface area contributed by atoms with Gasteiger partial charge in [0.1, 0.15) is 17.1 Å². The summed E-state index contributed by atoms with van der Waals surface area (Å²) in [5.41, 5.74) is 0.755. The number of hydrogen-bond donors (Lipinski definition) is 1. The van der Waals surface area contributed by atoms with Crippen LogP contribution in [0.5, 0.6) is 5.75 Å². The molecule has 0 aliphatic heterocycles. The largest absolute Gasteiger partial charge is 0.508 e. The van der Waals surface area contributed by atoms with E-state index in [2.05, 4.69) is 9.72 Å². The number of carbonyl (C=O) groups is 1. The van der Waals surface area contributed by atoms with Gasteiger partial charge in [0.25, 0.3) is 0 Å². The highest BCUT2D eigenvalue weighted by Gasteiger charge is 2.11. The molecule has 0 atom stereocenters. The number of esters is 1. The number of nitrogens with zero attached hydrogens (tertiary/aromatic N) is 2. The van der Waals surface area contributed by atoms with Crippen LogP contribution in [0.3, 0.4) is 0 Å². The summed E-state index contributed by atoms with van der Waals surface area (Å²) in [6.45, 7) is 0. The Kier molecular flexibility index (Phi) is 1.85. The summed E-state index contributed by atoms with van der Waals surface area (Å²) in [6.07, 6.45) is 3.17. The number of rotatable bonds is 1. The van der Waals surface area contributed by atoms with Crippen LogP contribution >= 0.6 is 0 Å². The molecule has 0 aliphatic rings. The average Bonchev–Trinajstić information content (AvgIpc) is 2.62. The summed E-state index contributed by atoms with van der Waals surface area (Å²) < 4.78 is 6.12. The third kappa shape index (κ3) is 1.19. The fourth-order valence-electron chi connectivity index (χ4n) is 1.27. The highest BCUT2D eigenvalue weighted by molar-refractivity contribution is 5.88. The molecule has 72 valence electrons. The standard InChI is InChI=1S/C9H8N2O3/c1-14-9(13)7-4-6(12)5-8-10-2-3-11(7)8/h2-5,12H,1H3. The average molecular weight is 192 g/mol. The number of aromatic nitrogens is 2. The van der Waals surface area contributed by atoms with Crippen molar-refractivity contribution in [2.45, 2.75) is 0 Å². The van der Waals surface area contributed by atoms with Crippen LogP contribution in [-0.2, 0) is 4.74 Å². The van der Waals surface area contributed by atoms with Crippen LogP contribution in [0, 0.1) is 0 Å². The van der Waals surface area contributed by atoms with E-state index in [4.69, 9.17) is 0 Å². The molecule has 0 spiro atoms. The van der Waals surface area contributed by atoms with Crippen molar-refractivity contribution < 1.29 is 14.6 Å². The molecule has 0 unspecified atom stereocenters. The molecule has 0 saturated heterocycles. The Morgan fingerprint density at radius 3 is 3.07 bits per heavy atom. The molecule has 2 rings (SSSR count). The fraction of sp³-hybridized carbons (Fsp3) is 0.111. The molecule has 0 amide bonds. The van der Waals surface area contributed by atoms with E-state index in [-0.39, 0.29) is 11.4 Å². The first kappa shape index (κ1) is 8.55. The third-order valence-corrected chi connectivity index (χ3v) is 1.89. The Labute approximate surface area is 79.6 Å². The second-order valence-electron chi connectivity index (χ2n) is 2.75. The van der Waals surface area contributed by atoms with E-state index in [0.717, 1.165) is 0 Å². The van der Waals surface area contributed by atoms with E-state index < -0.39 is 5.97 Å². The first-order chi connectivity index (χ1) is 6.72. The van der Waals surface area contributed by atoms with Gasteiger partial charge in [-0.3, -0.25) is 4.40 Å². The lowest BCUT2D eigenvalue weighted by molar-refractivity contribution is 0.0592. The molecule has 2 heterocycles. The number of methoxy groups -OCH3 is 1. The van der Waals surface area contributed by atoms with Crippen LogP contribution in [-0.4, -0.2) is 27.6 Å². The lowest BCUT2D eigenvalue weighted by Crippen LogP contribution is -2.07. The van der Waals surface area contributed by atoms with Crippen LogP contribution in [0.15, 0.2) is 24.5 Å². The van der Waals surface area contributed by atoms with E-state index in [1.54, 1.807) is 16.8 Å². The highest BCUT2D eigenvalue weighted by Crippen LogP contribution is 2.16. The topological polar surface area (TPSA) is 63.8 Å². The minimum Gasteiger partial charge on any atom is -0.508 e. The van der Waals surface area contributed by atoms with Crippen molar-refractivity contribution >= 4 is 11.6 Å². The summed E-state index contributed by atoms with van der Waals surface area (Å²) in [5.74, 6) is -0.520. The molecule has 0 saturated carbocycles. The van der Waals surface area contributed by atoms with Gasteiger partial charge in [-0.15, -0.1) is 0 Å². The van der Waals surface area contributed by atoms with Gasteiger partial charge >= 0.3 is 5.97 Å². The minimum atomic E-state index is -0.510. The Morgan fingerprint density at radius 2 is 2.36 bits per heavy atom. The molecule has 2 aromatic rings. The van der Waals surface area contributed by atoms with Crippen LogP contribution in [0.4, 0.5) is 0 Å². The second kappa shape index (κ2) is 3.02. The van der Waals surface area contributed by atoms with Crippen molar-refractivity contribution in [2.75, 3.05) is 7.11 Å². The zero-order valence-electron chi connectivity index (χ0n) is 7.47. The molecule has 0 radical (unpaired) electrons. The Hall–Kier alpha value is -2.04. The van der Waals surface area contributed by atoms with Gasteiger partial charge in [-0.05, 0) is 0 Å². The normalized spacial score (nSPS) is 10.4. The van der Waals surface area contributed by atoms with Crippen molar-refractivity contribution in [3.63, 3.8) is 0 Å². The molecular weight excluding hydrogens is 184 g/mol. The minimum absolute atomic E-state index is 0.0101. The summed E-state index contributed by atoms with van der Waals surface area (Å²) in [5, 5.41) is 9.31. The van der Waals surface area contributed by atoms with Crippen molar-refractivity contribution in [1.29, 1.82) is 0 Å². The van der Waals surface area contributed by atoms with E-state index >= 15 is 0 Å². The molecule has 1 N–H and O–H groups in total. The molecule has 0 bridgehead atoms. The molecule has 5 nitrogen and oxygen atoms in total. The highest BCUT2D eigenvalue weighted by atomic mass is 16.5. The number of hydrogen-bond acceptors (Lipinski definition) is 4. The summed E-state index contributed by atoms with van der Waals surface area (Å²) >= 11 is 0. The Morgan fingerprint density at radius 1 is 1.57 bits per heavy atom. The Bertz CT molecular complexity index is 490. The number of carbonyl (C=O) groups excluding carboxylic acids is 1. The van der Waals surface area contributed by atoms with Gasteiger partial charge in [-0.2, -0.15) is 0 Å². The monoisotopic (exact) mass is 192 g/mol. The molecule has 5 heteroatoms. The van der Waals surface area contributed by atoms with Gasteiger partial charge in [0, 0.05) is 24.5 Å². The molecule has 0 aromatic carbocycles. The van der Waals surface area contributed by atoms with Crippen molar-refractivity contribution in [3.8, 4) is 5.75 Å². The van der Waals surface area contributed by atoms with Gasteiger partial charge in [0.05, 0.1) is 7.11 Å². The molecule has 0 aliphatic carbocycles.